The lowest BCUT2D eigenvalue weighted by Crippen LogP contribution is -2.29. The van der Waals surface area contributed by atoms with Gasteiger partial charge >= 0.3 is 0 Å². The molecule has 0 saturated carbocycles. The quantitative estimate of drug-likeness (QED) is 0.684. The molecule has 0 radical (unpaired) electrons. The summed E-state index contributed by atoms with van der Waals surface area (Å²) in [6, 6.07) is 6.70. The van der Waals surface area contributed by atoms with Gasteiger partial charge in [0.25, 0.3) is 11.8 Å². The molecule has 0 aromatic heterocycles. The Morgan fingerprint density at radius 1 is 1.30 bits per heavy atom. The van der Waals surface area contributed by atoms with Crippen LogP contribution in [0.3, 0.4) is 0 Å². The van der Waals surface area contributed by atoms with Gasteiger partial charge in [-0.25, -0.2) is 0 Å². The van der Waals surface area contributed by atoms with E-state index < -0.39 is 6.10 Å². The Morgan fingerprint density at radius 2 is 2.00 bits per heavy atom. The van der Waals surface area contributed by atoms with Crippen LogP contribution in [0.25, 0.3) is 0 Å². The van der Waals surface area contributed by atoms with Gasteiger partial charge in [0.05, 0.1) is 6.10 Å². The molecule has 4 N–H and O–H groups in total. The summed E-state index contributed by atoms with van der Waals surface area (Å²) in [5.74, 6) is -0.359. The summed E-state index contributed by atoms with van der Waals surface area (Å²) in [6.45, 7) is 4.38. The maximum atomic E-state index is 12.1. The van der Waals surface area contributed by atoms with E-state index in [9.17, 15) is 9.59 Å². The fraction of sp³-hybridized carbons (Fsp3) is 0.375. The van der Waals surface area contributed by atoms with Gasteiger partial charge in [0, 0.05) is 24.3 Å². The Labute approximate surface area is 141 Å². The van der Waals surface area contributed by atoms with Crippen LogP contribution in [-0.2, 0) is 9.53 Å². The number of benzene rings is 1. The summed E-state index contributed by atoms with van der Waals surface area (Å²) in [5.41, 5.74) is 6.69. The molecule has 0 aliphatic carbocycles. The minimum absolute atomic E-state index is 0. The minimum atomic E-state index is -0.455. The van der Waals surface area contributed by atoms with Crippen LogP contribution in [0.2, 0.25) is 0 Å². The van der Waals surface area contributed by atoms with Crippen molar-refractivity contribution < 1.29 is 14.3 Å². The molecule has 1 fully saturated rings. The van der Waals surface area contributed by atoms with Crippen molar-refractivity contribution in [1.82, 2.24) is 5.32 Å². The zero-order chi connectivity index (χ0) is 15.9. The molecule has 0 spiro atoms. The average molecular weight is 340 g/mol. The predicted octanol–water partition coefficient (Wildman–Crippen LogP) is 1.47. The summed E-state index contributed by atoms with van der Waals surface area (Å²) in [4.78, 5) is 23.8. The molecule has 6 nitrogen and oxygen atoms in total. The summed E-state index contributed by atoms with van der Waals surface area (Å²) in [7, 11) is 0. The number of halogens is 1. The first-order chi connectivity index (χ1) is 10.6. The van der Waals surface area contributed by atoms with Gasteiger partial charge in [-0.3, -0.25) is 9.59 Å². The van der Waals surface area contributed by atoms with Gasteiger partial charge in [-0.2, -0.15) is 0 Å². The van der Waals surface area contributed by atoms with Crippen molar-refractivity contribution in [2.75, 3.05) is 18.4 Å². The van der Waals surface area contributed by atoms with E-state index in [1.165, 1.54) is 0 Å². The normalized spacial score (nSPS) is 19.5. The molecule has 0 bridgehead atoms. The highest BCUT2D eigenvalue weighted by molar-refractivity contribution is 5.97. The Kier molecular flexibility index (Phi) is 7.74. The van der Waals surface area contributed by atoms with Crippen LogP contribution >= 0.6 is 12.4 Å². The molecule has 1 aliphatic heterocycles. The second kappa shape index (κ2) is 9.29. The van der Waals surface area contributed by atoms with E-state index in [2.05, 4.69) is 17.2 Å². The summed E-state index contributed by atoms with van der Waals surface area (Å²) >= 11 is 0. The highest BCUT2D eigenvalue weighted by atomic mass is 35.5. The number of nitrogens with two attached hydrogens (primary N) is 1. The first-order valence-electron chi connectivity index (χ1n) is 7.29. The monoisotopic (exact) mass is 339 g/mol. The molecular formula is C16H22ClN3O3. The molecule has 2 rings (SSSR count). The highest BCUT2D eigenvalue weighted by Crippen LogP contribution is 2.20. The number of carbonyl (C=O) groups is 2. The van der Waals surface area contributed by atoms with Crippen molar-refractivity contribution >= 4 is 29.9 Å². The molecule has 23 heavy (non-hydrogen) atoms. The maximum absolute atomic E-state index is 12.1. The number of rotatable bonds is 6. The first kappa shape index (κ1) is 19.2. The first-order valence-corrected chi connectivity index (χ1v) is 7.29. The van der Waals surface area contributed by atoms with E-state index in [4.69, 9.17) is 10.5 Å². The van der Waals surface area contributed by atoms with E-state index in [-0.39, 0.29) is 30.3 Å². The standard InChI is InChI=1S/C16H21N3O3.ClH/c1-2-9-18-15(20)11-3-5-12(6-4-11)19-16(21)14-8-7-13(10-17)22-14;/h2-6,13-14H,1,7-10,17H2,(H,18,20)(H,19,21);1H/t13-,14+;/m1./s1. The molecule has 2 amide bonds. The molecular weight excluding hydrogens is 318 g/mol. The predicted molar refractivity (Wildman–Crippen MR) is 91.8 cm³/mol. The second-order valence-corrected chi connectivity index (χ2v) is 5.13. The molecule has 1 aliphatic rings. The lowest BCUT2D eigenvalue weighted by atomic mass is 10.1. The van der Waals surface area contributed by atoms with Crippen LogP contribution < -0.4 is 16.4 Å². The molecule has 1 saturated heterocycles. The smallest absolute Gasteiger partial charge is 0.253 e. The van der Waals surface area contributed by atoms with Crippen molar-refractivity contribution in [3.05, 3.63) is 42.5 Å². The van der Waals surface area contributed by atoms with Crippen LogP contribution in [0.5, 0.6) is 0 Å². The average Bonchev–Trinajstić information content (AvgIpc) is 3.02. The Morgan fingerprint density at radius 3 is 2.57 bits per heavy atom. The fourth-order valence-corrected chi connectivity index (χ4v) is 2.27. The number of ether oxygens (including phenoxy) is 1. The zero-order valence-electron chi connectivity index (χ0n) is 12.8. The van der Waals surface area contributed by atoms with Crippen LogP contribution in [0, 0.1) is 0 Å². The topological polar surface area (TPSA) is 93.5 Å². The van der Waals surface area contributed by atoms with Gasteiger partial charge in [0.15, 0.2) is 0 Å². The maximum Gasteiger partial charge on any atom is 0.253 e. The van der Waals surface area contributed by atoms with E-state index in [1.807, 2.05) is 0 Å². The van der Waals surface area contributed by atoms with E-state index >= 15 is 0 Å². The van der Waals surface area contributed by atoms with E-state index in [0.29, 0.717) is 30.8 Å². The Hall–Kier alpha value is -1.89. The number of amides is 2. The third kappa shape index (κ3) is 5.35. The van der Waals surface area contributed by atoms with E-state index in [0.717, 1.165) is 6.42 Å². The van der Waals surface area contributed by atoms with Crippen LogP contribution in [0.1, 0.15) is 23.2 Å². The zero-order valence-corrected chi connectivity index (χ0v) is 13.6. The molecule has 126 valence electrons. The third-order valence-corrected chi connectivity index (χ3v) is 3.48. The third-order valence-electron chi connectivity index (χ3n) is 3.48. The van der Waals surface area contributed by atoms with Gasteiger partial charge in [0.1, 0.15) is 6.10 Å². The van der Waals surface area contributed by atoms with Crippen LogP contribution in [0.4, 0.5) is 5.69 Å². The van der Waals surface area contributed by atoms with Crippen molar-refractivity contribution in [3.8, 4) is 0 Å². The lowest BCUT2D eigenvalue weighted by Gasteiger charge is -2.13. The number of hydrogen-bond acceptors (Lipinski definition) is 4. The van der Waals surface area contributed by atoms with Gasteiger partial charge in [-0.1, -0.05) is 6.08 Å². The summed E-state index contributed by atoms with van der Waals surface area (Å²) in [5, 5.41) is 5.47. The molecule has 0 unspecified atom stereocenters. The lowest BCUT2D eigenvalue weighted by molar-refractivity contribution is -0.126. The second-order valence-electron chi connectivity index (χ2n) is 5.13. The molecule has 1 aromatic rings. The Balaban J connectivity index is 0.00000264. The van der Waals surface area contributed by atoms with Crippen molar-refractivity contribution in [2.45, 2.75) is 25.0 Å². The van der Waals surface area contributed by atoms with Gasteiger partial charge < -0.3 is 21.1 Å². The summed E-state index contributed by atoms with van der Waals surface area (Å²) in [6.07, 6.45) is 2.60. The van der Waals surface area contributed by atoms with Crippen LogP contribution in [0.15, 0.2) is 36.9 Å². The number of anilines is 1. The highest BCUT2D eigenvalue weighted by Gasteiger charge is 2.29. The van der Waals surface area contributed by atoms with Crippen LogP contribution in [-0.4, -0.2) is 37.1 Å². The van der Waals surface area contributed by atoms with Crippen molar-refractivity contribution in [1.29, 1.82) is 0 Å². The molecule has 1 heterocycles. The van der Waals surface area contributed by atoms with Crippen molar-refractivity contribution in [3.63, 3.8) is 0 Å². The molecule has 7 heteroatoms. The van der Waals surface area contributed by atoms with Gasteiger partial charge in [-0.15, -0.1) is 19.0 Å². The fourth-order valence-electron chi connectivity index (χ4n) is 2.27. The number of nitrogens with one attached hydrogen (secondary N) is 2. The van der Waals surface area contributed by atoms with Crippen molar-refractivity contribution in [2.24, 2.45) is 5.73 Å². The van der Waals surface area contributed by atoms with Gasteiger partial charge in [-0.05, 0) is 37.1 Å². The summed E-state index contributed by atoms with van der Waals surface area (Å²) < 4.78 is 5.54. The van der Waals surface area contributed by atoms with E-state index in [1.54, 1.807) is 30.3 Å². The Bertz CT molecular complexity index is 548. The molecule has 1 aromatic carbocycles. The minimum Gasteiger partial charge on any atom is -0.364 e. The largest absolute Gasteiger partial charge is 0.364 e. The van der Waals surface area contributed by atoms with Gasteiger partial charge in [0.2, 0.25) is 0 Å². The number of hydrogen-bond donors (Lipinski definition) is 3. The number of carbonyl (C=O) groups excluding carboxylic acids is 2. The molecule has 2 atom stereocenters. The SMILES string of the molecule is C=CCNC(=O)c1ccc(NC(=O)[C@@H]2CC[C@H](CN)O2)cc1.Cl.